The summed E-state index contributed by atoms with van der Waals surface area (Å²) in [5, 5.41) is 0. The Labute approximate surface area is 93.6 Å². The Kier molecular flexibility index (Phi) is 2.60. The Morgan fingerprint density at radius 3 is 2.73 bits per heavy atom. The van der Waals surface area contributed by atoms with Gasteiger partial charge in [-0.1, -0.05) is 0 Å². The highest BCUT2D eigenvalue weighted by molar-refractivity contribution is 7.98. The third-order valence-electron chi connectivity index (χ3n) is 2.66. The lowest BCUT2D eigenvalue weighted by Gasteiger charge is -2.22. The van der Waals surface area contributed by atoms with E-state index in [-0.39, 0.29) is 0 Å². The molecule has 1 aliphatic heterocycles. The van der Waals surface area contributed by atoms with Gasteiger partial charge in [-0.05, 0) is 13.8 Å². The van der Waals surface area contributed by atoms with Crippen LogP contribution in [0.2, 0.25) is 0 Å². The molecule has 5 heteroatoms. The number of rotatable bonds is 2. The summed E-state index contributed by atoms with van der Waals surface area (Å²) in [5.74, 6) is 3.12. The molecule has 0 amide bonds. The fourth-order valence-electron chi connectivity index (χ4n) is 1.44. The van der Waals surface area contributed by atoms with Crippen molar-refractivity contribution in [3.63, 3.8) is 0 Å². The van der Waals surface area contributed by atoms with Crippen LogP contribution < -0.4 is 5.73 Å². The van der Waals surface area contributed by atoms with Crippen LogP contribution in [0.15, 0.2) is 0 Å². The van der Waals surface area contributed by atoms with Gasteiger partial charge < -0.3 is 10.5 Å². The molecule has 0 saturated carbocycles. The number of nitrogen functional groups attached to an aromatic ring is 1. The predicted octanol–water partition coefficient (Wildman–Crippen LogP) is 1.69. The zero-order chi connectivity index (χ0) is 11.1. The van der Waals surface area contributed by atoms with Crippen LogP contribution in [0.3, 0.4) is 0 Å². The molecule has 0 bridgehead atoms. The number of fused-ring (bicyclic) bond motifs is 1. The third kappa shape index (κ3) is 1.81. The first-order valence-corrected chi connectivity index (χ1v) is 5.98. The summed E-state index contributed by atoms with van der Waals surface area (Å²) < 4.78 is 5.35. The molecule has 0 saturated heterocycles. The van der Waals surface area contributed by atoms with Gasteiger partial charge in [0.1, 0.15) is 11.4 Å². The minimum absolute atomic E-state index is 0.476. The highest BCUT2D eigenvalue weighted by atomic mass is 32.2. The SMILES string of the molecule is COC(C)(C)c1nc(N)c2c(n1)CSC2. The topological polar surface area (TPSA) is 61.0 Å². The van der Waals surface area contributed by atoms with Crippen LogP contribution >= 0.6 is 11.8 Å². The number of anilines is 1. The molecule has 15 heavy (non-hydrogen) atoms. The molecule has 4 nitrogen and oxygen atoms in total. The second kappa shape index (κ2) is 3.64. The van der Waals surface area contributed by atoms with Gasteiger partial charge in [-0.2, -0.15) is 11.8 Å². The molecule has 2 heterocycles. The van der Waals surface area contributed by atoms with E-state index in [1.807, 2.05) is 25.6 Å². The van der Waals surface area contributed by atoms with Crippen LogP contribution in [-0.2, 0) is 21.8 Å². The lowest BCUT2D eigenvalue weighted by molar-refractivity contribution is 0.0114. The highest BCUT2D eigenvalue weighted by Crippen LogP contribution is 2.33. The van der Waals surface area contributed by atoms with Gasteiger partial charge in [0, 0.05) is 24.2 Å². The van der Waals surface area contributed by atoms with Crippen molar-refractivity contribution >= 4 is 17.6 Å². The molecule has 1 aliphatic rings. The third-order valence-corrected chi connectivity index (χ3v) is 3.63. The zero-order valence-electron chi connectivity index (χ0n) is 9.20. The molecular weight excluding hydrogens is 210 g/mol. The fourth-order valence-corrected chi connectivity index (χ4v) is 2.49. The average molecular weight is 225 g/mol. The van der Waals surface area contributed by atoms with Crippen LogP contribution in [-0.4, -0.2) is 17.1 Å². The first-order chi connectivity index (χ1) is 7.04. The van der Waals surface area contributed by atoms with Crippen LogP contribution in [0.4, 0.5) is 5.82 Å². The maximum absolute atomic E-state index is 5.90. The van der Waals surface area contributed by atoms with E-state index in [2.05, 4.69) is 9.97 Å². The molecule has 2 rings (SSSR count). The van der Waals surface area contributed by atoms with Gasteiger partial charge in [0.25, 0.3) is 0 Å². The summed E-state index contributed by atoms with van der Waals surface area (Å²) in [7, 11) is 1.65. The fraction of sp³-hybridized carbons (Fsp3) is 0.600. The first kappa shape index (κ1) is 10.7. The smallest absolute Gasteiger partial charge is 0.162 e. The normalized spacial score (nSPS) is 15.4. The van der Waals surface area contributed by atoms with Crippen molar-refractivity contribution in [2.45, 2.75) is 31.0 Å². The summed E-state index contributed by atoms with van der Waals surface area (Å²) in [6, 6.07) is 0. The molecule has 1 aromatic rings. The number of thioether (sulfide) groups is 1. The van der Waals surface area contributed by atoms with E-state index in [4.69, 9.17) is 10.5 Å². The van der Waals surface area contributed by atoms with E-state index in [0.717, 1.165) is 22.8 Å². The maximum Gasteiger partial charge on any atom is 0.162 e. The molecule has 2 N–H and O–H groups in total. The summed E-state index contributed by atoms with van der Waals surface area (Å²) in [6.07, 6.45) is 0. The van der Waals surface area contributed by atoms with Crippen molar-refractivity contribution in [3.8, 4) is 0 Å². The highest BCUT2D eigenvalue weighted by Gasteiger charge is 2.27. The number of hydrogen-bond acceptors (Lipinski definition) is 5. The van der Waals surface area contributed by atoms with E-state index < -0.39 is 5.60 Å². The molecule has 0 unspecified atom stereocenters. The Bertz CT molecular complexity index is 392. The van der Waals surface area contributed by atoms with Crippen molar-refractivity contribution in [1.29, 1.82) is 0 Å². The molecule has 0 aromatic carbocycles. The Morgan fingerprint density at radius 1 is 1.33 bits per heavy atom. The number of methoxy groups -OCH3 is 1. The quantitative estimate of drug-likeness (QED) is 0.830. The second-order valence-corrected chi connectivity index (χ2v) is 5.05. The van der Waals surface area contributed by atoms with Gasteiger partial charge in [-0.25, -0.2) is 9.97 Å². The monoisotopic (exact) mass is 225 g/mol. The standard InChI is InChI=1S/C10H15N3OS/c1-10(2,14-3)9-12-7-5-15-4-6(7)8(11)13-9/h4-5H2,1-3H3,(H2,11,12,13). The zero-order valence-corrected chi connectivity index (χ0v) is 10.0. The molecule has 0 spiro atoms. The predicted molar refractivity (Wildman–Crippen MR) is 61.5 cm³/mol. The van der Waals surface area contributed by atoms with Crippen LogP contribution in [0.5, 0.6) is 0 Å². The van der Waals surface area contributed by atoms with Gasteiger partial charge in [0.2, 0.25) is 0 Å². The van der Waals surface area contributed by atoms with E-state index in [1.54, 1.807) is 7.11 Å². The largest absolute Gasteiger partial charge is 0.383 e. The number of hydrogen-bond donors (Lipinski definition) is 1. The van der Waals surface area contributed by atoms with Gasteiger partial charge >= 0.3 is 0 Å². The second-order valence-electron chi connectivity index (χ2n) is 4.06. The molecule has 0 fully saturated rings. The Hall–Kier alpha value is -0.810. The molecular formula is C10H15N3OS. The summed E-state index contributed by atoms with van der Waals surface area (Å²) in [6.45, 7) is 3.88. The van der Waals surface area contributed by atoms with E-state index in [0.29, 0.717) is 11.6 Å². The Balaban J connectivity index is 2.48. The van der Waals surface area contributed by atoms with E-state index in [1.165, 1.54) is 0 Å². The van der Waals surface area contributed by atoms with E-state index in [9.17, 15) is 0 Å². The van der Waals surface area contributed by atoms with Crippen molar-refractivity contribution in [1.82, 2.24) is 9.97 Å². The molecule has 1 aromatic heterocycles. The van der Waals surface area contributed by atoms with Gasteiger partial charge in [0.15, 0.2) is 5.82 Å². The van der Waals surface area contributed by atoms with Crippen molar-refractivity contribution in [2.24, 2.45) is 0 Å². The van der Waals surface area contributed by atoms with E-state index >= 15 is 0 Å². The number of ether oxygens (including phenoxy) is 1. The summed E-state index contributed by atoms with van der Waals surface area (Å²) in [5.41, 5.74) is 7.58. The van der Waals surface area contributed by atoms with Gasteiger partial charge in [0.05, 0.1) is 5.69 Å². The summed E-state index contributed by atoms with van der Waals surface area (Å²) >= 11 is 1.82. The van der Waals surface area contributed by atoms with Crippen LogP contribution in [0.1, 0.15) is 30.9 Å². The number of nitrogens with zero attached hydrogens (tertiary/aromatic N) is 2. The molecule has 0 atom stereocenters. The Morgan fingerprint density at radius 2 is 2.07 bits per heavy atom. The molecule has 0 aliphatic carbocycles. The number of aromatic nitrogens is 2. The average Bonchev–Trinajstić information content (AvgIpc) is 2.66. The minimum Gasteiger partial charge on any atom is -0.383 e. The van der Waals surface area contributed by atoms with Crippen LogP contribution in [0, 0.1) is 0 Å². The lowest BCUT2D eigenvalue weighted by atomic mass is 10.1. The molecule has 0 radical (unpaired) electrons. The maximum atomic E-state index is 5.90. The van der Waals surface area contributed by atoms with Crippen LogP contribution in [0.25, 0.3) is 0 Å². The van der Waals surface area contributed by atoms with Gasteiger partial charge in [-0.3, -0.25) is 0 Å². The van der Waals surface area contributed by atoms with Crippen molar-refractivity contribution in [2.75, 3.05) is 12.8 Å². The lowest BCUT2D eigenvalue weighted by Crippen LogP contribution is -2.24. The minimum atomic E-state index is -0.476. The van der Waals surface area contributed by atoms with Crippen molar-refractivity contribution < 1.29 is 4.74 Å². The van der Waals surface area contributed by atoms with Crippen molar-refractivity contribution in [3.05, 3.63) is 17.1 Å². The first-order valence-electron chi connectivity index (χ1n) is 4.83. The summed E-state index contributed by atoms with van der Waals surface area (Å²) in [4.78, 5) is 8.84. The van der Waals surface area contributed by atoms with Gasteiger partial charge in [-0.15, -0.1) is 0 Å². The number of nitrogens with two attached hydrogens (primary N) is 1. The molecule has 82 valence electrons.